The number of ether oxygens (including phenoxy) is 1. The smallest absolute Gasteiger partial charge is 0.416 e. The van der Waals surface area contributed by atoms with Crippen LogP contribution in [0.25, 0.3) is 0 Å². The molecule has 0 saturated carbocycles. The highest BCUT2D eigenvalue weighted by molar-refractivity contribution is 5.94. The Hall–Kier alpha value is -3.03. The quantitative estimate of drug-likeness (QED) is 0.838. The molecule has 0 saturated heterocycles. The second kappa shape index (κ2) is 7.90. The molecule has 0 spiro atoms. The van der Waals surface area contributed by atoms with E-state index in [1.54, 1.807) is 24.3 Å². The number of hydrogen-bond donors (Lipinski definition) is 2. The van der Waals surface area contributed by atoms with Crippen molar-refractivity contribution >= 4 is 23.2 Å². The number of halogens is 3. The fraction of sp³-hybridized carbons (Fsp3) is 0.222. The maximum absolute atomic E-state index is 12.7. The molecule has 0 heterocycles. The molecule has 8 heteroatoms. The van der Waals surface area contributed by atoms with Crippen LogP contribution in [0.1, 0.15) is 19.4 Å². The number of rotatable bonds is 5. The Morgan fingerprint density at radius 1 is 1.04 bits per heavy atom. The largest absolute Gasteiger partial charge is 0.479 e. The van der Waals surface area contributed by atoms with Gasteiger partial charge in [-0.2, -0.15) is 13.2 Å². The van der Waals surface area contributed by atoms with Crippen molar-refractivity contribution in [3.05, 3.63) is 54.1 Å². The van der Waals surface area contributed by atoms with Crippen molar-refractivity contribution in [3.63, 3.8) is 0 Å². The highest BCUT2D eigenvalue weighted by Gasteiger charge is 2.30. The minimum absolute atomic E-state index is 0.00965. The first-order valence-corrected chi connectivity index (χ1v) is 7.68. The highest BCUT2D eigenvalue weighted by Crippen LogP contribution is 2.31. The van der Waals surface area contributed by atoms with Crippen LogP contribution in [0, 0.1) is 0 Å². The van der Waals surface area contributed by atoms with Crippen molar-refractivity contribution in [2.24, 2.45) is 0 Å². The fourth-order valence-electron chi connectivity index (χ4n) is 2.12. The topological polar surface area (TPSA) is 67.4 Å². The maximum atomic E-state index is 12.7. The van der Waals surface area contributed by atoms with E-state index in [0.29, 0.717) is 5.69 Å². The summed E-state index contributed by atoms with van der Waals surface area (Å²) < 4.78 is 43.7. The first-order chi connectivity index (χ1) is 12.2. The zero-order chi connectivity index (χ0) is 19.3. The molecule has 2 aromatic rings. The van der Waals surface area contributed by atoms with E-state index in [1.807, 2.05) is 0 Å². The van der Waals surface area contributed by atoms with Crippen LogP contribution in [0.3, 0.4) is 0 Å². The van der Waals surface area contributed by atoms with Gasteiger partial charge in [0, 0.05) is 12.6 Å². The Bertz CT molecular complexity index is 806. The Morgan fingerprint density at radius 3 is 2.38 bits per heavy atom. The van der Waals surface area contributed by atoms with Gasteiger partial charge in [-0.1, -0.05) is 18.2 Å². The summed E-state index contributed by atoms with van der Waals surface area (Å²) >= 11 is 0. The van der Waals surface area contributed by atoms with Crippen LogP contribution in [0.2, 0.25) is 0 Å². The number of hydrogen-bond acceptors (Lipinski definition) is 3. The summed E-state index contributed by atoms with van der Waals surface area (Å²) in [4.78, 5) is 23.4. The molecule has 0 aromatic heterocycles. The minimum atomic E-state index is -4.50. The van der Waals surface area contributed by atoms with Crippen molar-refractivity contribution in [1.82, 2.24) is 0 Å². The summed E-state index contributed by atoms with van der Waals surface area (Å²) in [5.41, 5.74) is -0.464. The summed E-state index contributed by atoms with van der Waals surface area (Å²) in [5, 5.41) is 4.95. The first-order valence-electron chi connectivity index (χ1n) is 7.68. The Morgan fingerprint density at radius 2 is 1.73 bits per heavy atom. The molecule has 1 unspecified atom stereocenters. The summed E-state index contributed by atoms with van der Waals surface area (Å²) in [7, 11) is 0. The molecule has 2 amide bonds. The van der Waals surface area contributed by atoms with Crippen LogP contribution < -0.4 is 15.4 Å². The molecule has 2 aromatic carbocycles. The summed E-state index contributed by atoms with van der Waals surface area (Å²) in [6.07, 6.45) is -5.50. The molecule has 2 N–H and O–H groups in total. The van der Waals surface area contributed by atoms with Gasteiger partial charge in [-0.05, 0) is 37.3 Å². The van der Waals surface area contributed by atoms with Gasteiger partial charge < -0.3 is 15.4 Å². The molecule has 138 valence electrons. The van der Waals surface area contributed by atoms with E-state index in [4.69, 9.17) is 4.74 Å². The third-order valence-electron chi connectivity index (χ3n) is 3.33. The maximum Gasteiger partial charge on any atom is 0.416 e. The van der Waals surface area contributed by atoms with Gasteiger partial charge in [0.25, 0.3) is 5.91 Å². The molecule has 1 atom stereocenters. The van der Waals surface area contributed by atoms with Gasteiger partial charge in [-0.25, -0.2) is 0 Å². The molecule has 0 aliphatic rings. The number of para-hydroxylation sites is 2. The third kappa shape index (κ3) is 5.23. The lowest BCUT2D eigenvalue weighted by Crippen LogP contribution is -2.30. The van der Waals surface area contributed by atoms with Crippen molar-refractivity contribution in [1.29, 1.82) is 0 Å². The molecule has 2 rings (SSSR count). The lowest BCUT2D eigenvalue weighted by Gasteiger charge is -2.17. The number of anilines is 2. The summed E-state index contributed by atoms with van der Waals surface area (Å²) in [6.45, 7) is 2.79. The number of alkyl halides is 3. The number of carbonyl (C=O) groups is 2. The normalized spacial score (nSPS) is 12.2. The standard InChI is InChI=1S/C18H17F3N2O3/c1-11(26-16-9-4-3-8-15(16)22-12(2)24)17(25)23-14-7-5-6-13(10-14)18(19,20)21/h3-11H,1-2H3,(H,22,24)(H,23,25). The van der Waals surface area contributed by atoms with Crippen molar-refractivity contribution < 1.29 is 27.5 Å². The van der Waals surface area contributed by atoms with Crippen LogP contribution in [0.15, 0.2) is 48.5 Å². The Balaban J connectivity index is 2.08. The predicted octanol–water partition coefficient (Wildman–Crippen LogP) is 4.07. The van der Waals surface area contributed by atoms with E-state index in [9.17, 15) is 22.8 Å². The number of nitrogens with one attached hydrogen (secondary N) is 2. The van der Waals surface area contributed by atoms with Gasteiger partial charge in [-0.15, -0.1) is 0 Å². The lowest BCUT2D eigenvalue weighted by atomic mass is 10.2. The monoisotopic (exact) mass is 366 g/mol. The van der Waals surface area contributed by atoms with E-state index in [-0.39, 0.29) is 17.3 Å². The van der Waals surface area contributed by atoms with E-state index >= 15 is 0 Å². The van der Waals surface area contributed by atoms with Gasteiger partial charge >= 0.3 is 6.18 Å². The number of benzene rings is 2. The average molecular weight is 366 g/mol. The van der Waals surface area contributed by atoms with E-state index in [2.05, 4.69) is 10.6 Å². The van der Waals surface area contributed by atoms with E-state index in [0.717, 1.165) is 12.1 Å². The summed E-state index contributed by atoms with van der Waals surface area (Å²) in [5.74, 6) is -0.654. The van der Waals surface area contributed by atoms with Crippen molar-refractivity contribution in [2.45, 2.75) is 26.1 Å². The number of carbonyl (C=O) groups excluding carboxylic acids is 2. The zero-order valence-corrected chi connectivity index (χ0v) is 14.1. The average Bonchev–Trinajstić information content (AvgIpc) is 2.55. The second-order valence-electron chi connectivity index (χ2n) is 5.51. The summed E-state index contributed by atoms with van der Waals surface area (Å²) in [6, 6.07) is 10.8. The van der Waals surface area contributed by atoms with Crippen LogP contribution in [0.5, 0.6) is 5.75 Å². The fourth-order valence-corrected chi connectivity index (χ4v) is 2.12. The second-order valence-corrected chi connectivity index (χ2v) is 5.51. The van der Waals surface area contributed by atoms with Gasteiger partial charge in [0.15, 0.2) is 6.10 Å². The van der Waals surface area contributed by atoms with Gasteiger partial charge in [0.1, 0.15) is 5.75 Å². The van der Waals surface area contributed by atoms with Gasteiger partial charge in [0.05, 0.1) is 11.3 Å². The van der Waals surface area contributed by atoms with Gasteiger partial charge in [-0.3, -0.25) is 9.59 Å². The molecule has 0 aliphatic heterocycles. The lowest BCUT2D eigenvalue weighted by molar-refractivity contribution is -0.137. The molecule has 0 radical (unpaired) electrons. The SMILES string of the molecule is CC(=O)Nc1ccccc1OC(C)C(=O)Nc1cccc(C(F)(F)F)c1. The Kier molecular flexibility index (Phi) is 5.86. The molecule has 0 bridgehead atoms. The number of amides is 2. The molecule has 0 fully saturated rings. The van der Waals surface area contributed by atoms with Crippen LogP contribution in [0.4, 0.5) is 24.5 Å². The third-order valence-corrected chi connectivity index (χ3v) is 3.33. The minimum Gasteiger partial charge on any atom is -0.479 e. The predicted molar refractivity (Wildman–Crippen MR) is 90.9 cm³/mol. The first kappa shape index (κ1) is 19.3. The Labute approximate surface area is 148 Å². The van der Waals surface area contributed by atoms with Crippen LogP contribution in [-0.4, -0.2) is 17.9 Å². The van der Waals surface area contributed by atoms with E-state index in [1.165, 1.54) is 26.0 Å². The molecular weight excluding hydrogens is 349 g/mol. The zero-order valence-electron chi connectivity index (χ0n) is 14.1. The van der Waals surface area contributed by atoms with E-state index < -0.39 is 23.8 Å². The molecule has 0 aliphatic carbocycles. The van der Waals surface area contributed by atoms with Gasteiger partial charge in [0.2, 0.25) is 5.91 Å². The molecule has 5 nitrogen and oxygen atoms in total. The van der Waals surface area contributed by atoms with Crippen molar-refractivity contribution in [2.75, 3.05) is 10.6 Å². The molecular formula is C18H17F3N2O3. The highest BCUT2D eigenvalue weighted by atomic mass is 19.4. The van der Waals surface area contributed by atoms with Crippen LogP contribution in [-0.2, 0) is 15.8 Å². The van der Waals surface area contributed by atoms with Crippen LogP contribution >= 0.6 is 0 Å². The molecule has 26 heavy (non-hydrogen) atoms. The van der Waals surface area contributed by atoms with Crippen molar-refractivity contribution in [3.8, 4) is 5.75 Å².